The largest absolute Gasteiger partial charge is 0.387 e. The second-order valence-electron chi connectivity index (χ2n) is 8.24. The first-order chi connectivity index (χ1) is 16.9. The minimum atomic E-state index is -0.884. The summed E-state index contributed by atoms with van der Waals surface area (Å²) in [5.74, 6) is -0.298. The maximum Gasteiger partial charge on any atom is 0.203 e. The summed E-state index contributed by atoms with van der Waals surface area (Å²) < 4.78 is 18.7. The summed E-state index contributed by atoms with van der Waals surface area (Å²) in [6.45, 7) is 0.871. The van der Waals surface area contributed by atoms with Crippen molar-refractivity contribution in [2.24, 2.45) is 0 Å². The van der Waals surface area contributed by atoms with Crippen LogP contribution in [0.2, 0.25) is 10.0 Å². The average molecular weight is 511 g/mol. The Morgan fingerprint density at radius 1 is 0.914 bits per heavy atom. The van der Waals surface area contributed by atoms with Crippen molar-refractivity contribution in [2.75, 3.05) is 0 Å². The van der Waals surface area contributed by atoms with Gasteiger partial charge in [0.05, 0.1) is 53.0 Å². The number of aromatic nitrogens is 5. The number of halogens is 3. The normalized spacial score (nSPS) is 12.3. The van der Waals surface area contributed by atoms with Gasteiger partial charge in [0.2, 0.25) is 5.62 Å². The van der Waals surface area contributed by atoms with Crippen LogP contribution in [0.25, 0.3) is 11.0 Å². The molecule has 0 aliphatic rings. The predicted octanol–water partition coefficient (Wildman–Crippen LogP) is 4.79. The Morgan fingerprint density at radius 3 is 2.43 bits per heavy atom. The molecule has 0 amide bonds. The van der Waals surface area contributed by atoms with Crippen LogP contribution in [-0.2, 0) is 19.6 Å². The van der Waals surface area contributed by atoms with Gasteiger partial charge in [-0.25, -0.2) is 9.07 Å². The van der Waals surface area contributed by atoms with Crippen molar-refractivity contribution >= 4 is 34.2 Å². The number of benzene rings is 3. The molecule has 2 N–H and O–H groups in total. The van der Waals surface area contributed by atoms with E-state index < -0.39 is 6.10 Å². The van der Waals surface area contributed by atoms with Crippen LogP contribution in [0.1, 0.15) is 22.9 Å². The highest BCUT2D eigenvalue weighted by atomic mass is 35.5. The van der Waals surface area contributed by atoms with Crippen LogP contribution in [-0.4, -0.2) is 29.2 Å². The number of fused-ring (bicyclic) bond motifs is 1. The van der Waals surface area contributed by atoms with E-state index in [-0.39, 0.29) is 18.0 Å². The minimum Gasteiger partial charge on any atom is -0.387 e. The Labute approximate surface area is 210 Å². The molecule has 3 aromatic carbocycles. The molecule has 10 heteroatoms. The first-order valence-electron chi connectivity index (χ1n) is 10.9. The maximum absolute atomic E-state index is 13.5. The molecule has 7 nitrogen and oxygen atoms in total. The van der Waals surface area contributed by atoms with E-state index in [1.807, 2.05) is 34.9 Å². The lowest BCUT2D eigenvalue weighted by Crippen LogP contribution is -2.27. The highest BCUT2D eigenvalue weighted by Crippen LogP contribution is 2.27. The number of aliphatic hydroxyl groups excluding tert-OH is 1. The van der Waals surface area contributed by atoms with Gasteiger partial charge in [0.15, 0.2) is 0 Å². The number of imidazole rings is 1. The van der Waals surface area contributed by atoms with Gasteiger partial charge in [-0.2, -0.15) is 0 Å². The van der Waals surface area contributed by atoms with Crippen molar-refractivity contribution in [3.05, 3.63) is 111 Å². The third kappa shape index (κ3) is 4.86. The van der Waals surface area contributed by atoms with Gasteiger partial charge in [-0.1, -0.05) is 58.7 Å². The van der Waals surface area contributed by atoms with Gasteiger partial charge in [-0.15, -0.1) is 5.10 Å². The van der Waals surface area contributed by atoms with E-state index in [2.05, 4.69) is 10.3 Å². The molecule has 1 atom stereocenters. The first kappa shape index (κ1) is 23.3. The van der Waals surface area contributed by atoms with Crippen LogP contribution in [0.15, 0.2) is 72.9 Å². The lowest BCUT2D eigenvalue weighted by molar-refractivity contribution is 0.155. The monoisotopic (exact) mass is 510 g/mol. The van der Waals surface area contributed by atoms with Crippen molar-refractivity contribution in [3.8, 4) is 0 Å². The molecule has 0 bridgehead atoms. The zero-order valence-corrected chi connectivity index (χ0v) is 20.0. The van der Waals surface area contributed by atoms with Gasteiger partial charge in [-0.05, 0) is 47.5 Å². The zero-order chi connectivity index (χ0) is 24.5. The van der Waals surface area contributed by atoms with Crippen LogP contribution >= 0.6 is 23.2 Å². The number of hydrogen-bond donors (Lipinski definition) is 2. The predicted molar refractivity (Wildman–Crippen MR) is 132 cm³/mol. The third-order valence-electron chi connectivity index (χ3n) is 5.80. The topological polar surface area (TPSA) is 84.7 Å². The lowest BCUT2D eigenvalue weighted by Gasteiger charge is -2.13. The molecule has 0 spiro atoms. The van der Waals surface area contributed by atoms with Crippen LogP contribution in [0.4, 0.5) is 4.39 Å². The van der Waals surface area contributed by atoms with Gasteiger partial charge in [0, 0.05) is 0 Å². The summed E-state index contributed by atoms with van der Waals surface area (Å²) in [5, 5.41) is 28.9. The second kappa shape index (κ2) is 9.65. The molecular weight excluding hydrogens is 490 g/mol. The molecule has 0 saturated heterocycles. The zero-order valence-electron chi connectivity index (χ0n) is 18.4. The van der Waals surface area contributed by atoms with Crippen molar-refractivity contribution in [3.63, 3.8) is 0 Å². The summed E-state index contributed by atoms with van der Waals surface area (Å²) >= 11 is 12.1. The van der Waals surface area contributed by atoms with Gasteiger partial charge < -0.3 is 14.2 Å². The van der Waals surface area contributed by atoms with Crippen LogP contribution in [0.5, 0.6) is 0 Å². The first-order valence-corrected chi connectivity index (χ1v) is 11.6. The highest BCUT2D eigenvalue weighted by Gasteiger charge is 2.17. The molecule has 35 heavy (non-hydrogen) atoms. The van der Waals surface area contributed by atoms with E-state index in [0.717, 1.165) is 16.6 Å². The van der Waals surface area contributed by atoms with Crippen molar-refractivity contribution < 1.29 is 9.50 Å². The molecule has 5 rings (SSSR count). The number of aliphatic hydroxyl groups is 1. The molecule has 0 saturated carbocycles. The fourth-order valence-electron chi connectivity index (χ4n) is 4.11. The second-order valence-corrected chi connectivity index (χ2v) is 9.05. The van der Waals surface area contributed by atoms with Crippen LogP contribution < -0.4 is 5.62 Å². The molecule has 0 aliphatic carbocycles. The fourth-order valence-corrected chi connectivity index (χ4v) is 4.42. The molecule has 0 aliphatic heterocycles. The molecule has 5 aromatic rings. The van der Waals surface area contributed by atoms with E-state index in [1.54, 1.807) is 39.7 Å². The smallest absolute Gasteiger partial charge is 0.203 e. The van der Waals surface area contributed by atoms with E-state index in [9.17, 15) is 9.50 Å². The molecule has 2 heterocycles. The van der Waals surface area contributed by atoms with Crippen molar-refractivity contribution in [2.45, 2.75) is 25.7 Å². The molecule has 1 unspecified atom stereocenters. The van der Waals surface area contributed by atoms with E-state index >= 15 is 0 Å². The van der Waals surface area contributed by atoms with Gasteiger partial charge in [-0.3, -0.25) is 5.41 Å². The Morgan fingerprint density at radius 2 is 1.69 bits per heavy atom. The Bertz CT molecular complexity index is 1570. The quantitative estimate of drug-likeness (QED) is 0.330. The third-order valence-corrected chi connectivity index (χ3v) is 6.54. The maximum atomic E-state index is 13.5. The SMILES string of the molecule is N=c1n(Cc2cn(Cc3cccc(F)c3)nn2)c2ccccc2n1CC(O)c1ccc(Cl)c(Cl)c1. The Kier molecular flexibility index (Phi) is 6.42. The van der Waals surface area contributed by atoms with Crippen molar-refractivity contribution in [1.29, 1.82) is 5.41 Å². The molecular formula is C25H21Cl2FN6O. The van der Waals surface area contributed by atoms with Crippen LogP contribution in [0, 0.1) is 11.2 Å². The molecule has 2 aromatic heterocycles. The Hall–Kier alpha value is -3.46. The number of nitrogens with one attached hydrogen (secondary N) is 1. The highest BCUT2D eigenvalue weighted by molar-refractivity contribution is 6.42. The number of hydrogen-bond acceptors (Lipinski definition) is 4. The average Bonchev–Trinajstić information content (AvgIpc) is 3.39. The summed E-state index contributed by atoms with van der Waals surface area (Å²) in [7, 11) is 0. The molecule has 178 valence electrons. The standard InChI is InChI=1S/C25H21Cl2FN6O/c26-20-9-8-17(11-21(20)27)24(35)15-34-23-7-2-1-6-22(23)33(25(34)29)14-19-13-32(31-30-19)12-16-4-3-5-18(28)10-16/h1-11,13,24,29,35H,12,14-15H2. The fraction of sp³-hybridized carbons (Fsp3) is 0.160. The molecule has 0 radical (unpaired) electrons. The van der Waals surface area contributed by atoms with Crippen molar-refractivity contribution in [1.82, 2.24) is 24.1 Å². The summed E-state index contributed by atoms with van der Waals surface area (Å²) in [6.07, 6.45) is 0.902. The molecule has 0 fully saturated rings. The summed E-state index contributed by atoms with van der Waals surface area (Å²) in [4.78, 5) is 0. The number of rotatable bonds is 7. The lowest BCUT2D eigenvalue weighted by atomic mass is 10.1. The van der Waals surface area contributed by atoms with Gasteiger partial charge >= 0.3 is 0 Å². The Balaban J connectivity index is 1.43. The van der Waals surface area contributed by atoms with E-state index in [4.69, 9.17) is 28.6 Å². The summed E-state index contributed by atoms with van der Waals surface area (Å²) in [6, 6.07) is 19.0. The number of para-hydroxylation sites is 2. The number of nitrogens with zero attached hydrogens (tertiary/aromatic N) is 5. The van der Waals surface area contributed by atoms with Crippen LogP contribution in [0.3, 0.4) is 0 Å². The van der Waals surface area contributed by atoms with Gasteiger partial charge in [0.25, 0.3) is 0 Å². The van der Waals surface area contributed by atoms with E-state index in [0.29, 0.717) is 34.4 Å². The van der Waals surface area contributed by atoms with Gasteiger partial charge in [0.1, 0.15) is 11.5 Å². The minimum absolute atomic E-state index is 0.163. The van der Waals surface area contributed by atoms with E-state index in [1.165, 1.54) is 12.1 Å². The summed E-state index contributed by atoms with van der Waals surface area (Å²) in [5.41, 5.74) is 3.91.